The first-order valence-corrected chi connectivity index (χ1v) is 5.28. The molecule has 0 unspecified atom stereocenters. The lowest BCUT2D eigenvalue weighted by Crippen LogP contribution is -2.32. The molecular weight excluding hydrogens is 256 g/mol. The molecule has 2 rings (SSSR count). The van der Waals surface area contributed by atoms with Crippen molar-refractivity contribution in [2.75, 3.05) is 0 Å². The molecule has 0 atom stereocenters. The third kappa shape index (κ3) is 2.46. The van der Waals surface area contributed by atoms with Crippen molar-refractivity contribution in [2.24, 2.45) is 0 Å². The van der Waals surface area contributed by atoms with Gasteiger partial charge in [0.05, 0.1) is 5.69 Å². The van der Waals surface area contributed by atoms with Crippen molar-refractivity contribution in [3.8, 4) is 0 Å². The van der Waals surface area contributed by atoms with Crippen LogP contribution in [0.3, 0.4) is 0 Å². The SMILES string of the molecule is O=C(O)c1cn(CC(F)(F)C(F)F)nc1C1CC1. The van der Waals surface area contributed by atoms with Crippen LogP contribution in [0.1, 0.15) is 34.8 Å². The van der Waals surface area contributed by atoms with E-state index in [0.717, 1.165) is 19.0 Å². The maximum absolute atomic E-state index is 12.8. The zero-order chi connectivity index (χ0) is 13.5. The van der Waals surface area contributed by atoms with Crippen LogP contribution in [0.4, 0.5) is 17.6 Å². The molecule has 0 bridgehead atoms. The number of halogens is 4. The molecule has 0 aromatic carbocycles. The summed E-state index contributed by atoms with van der Waals surface area (Å²) in [5, 5.41) is 12.6. The lowest BCUT2D eigenvalue weighted by Gasteiger charge is -2.14. The predicted molar refractivity (Wildman–Crippen MR) is 52.1 cm³/mol. The summed E-state index contributed by atoms with van der Waals surface area (Å²) in [5.41, 5.74) is 0.00938. The first kappa shape index (κ1) is 12.8. The van der Waals surface area contributed by atoms with Crippen LogP contribution in [0.15, 0.2) is 6.20 Å². The molecular formula is C10H10F4N2O2. The number of rotatable bonds is 5. The lowest BCUT2D eigenvalue weighted by molar-refractivity contribution is -0.139. The third-order valence-electron chi connectivity index (χ3n) is 2.68. The summed E-state index contributed by atoms with van der Waals surface area (Å²) < 4.78 is 50.3. The van der Waals surface area contributed by atoms with Gasteiger partial charge in [0.2, 0.25) is 0 Å². The number of carboxylic acid groups (broad SMARTS) is 1. The molecule has 0 saturated heterocycles. The molecule has 100 valence electrons. The highest BCUT2D eigenvalue weighted by molar-refractivity contribution is 5.89. The smallest absolute Gasteiger partial charge is 0.339 e. The number of carbonyl (C=O) groups is 1. The van der Waals surface area contributed by atoms with E-state index in [1.807, 2.05) is 0 Å². The van der Waals surface area contributed by atoms with Crippen molar-refractivity contribution >= 4 is 5.97 Å². The number of alkyl halides is 4. The molecule has 1 saturated carbocycles. The van der Waals surface area contributed by atoms with Crippen molar-refractivity contribution in [2.45, 2.75) is 37.7 Å². The molecule has 1 N–H and O–H groups in total. The van der Waals surface area contributed by atoms with Gasteiger partial charge in [-0.05, 0) is 12.8 Å². The second-order valence-corrected chi connectivity index (χ2v) is 4.27. The molecule has 1 heterocycles. The quantitative estimate of drug-likeness (QED) is 0.832. The maximum Gasteiger partial charge on any atom is 0.339 e. The molecule has 0 amide bonds. The van der Waals surface area contributed by atoms with Gasteiger partial charge in [-0.15, -0.1) is 0 Å². The van der Waals surface area contributed by atoms with Crippen LogP contribution in [0.2, 0.25) is 0 Å². The van der Waals surface area contributed by atoms with E-state index in [4.69, 9.17) is 5.11 Å². The Hall–Kier alpha value is -1.60. The van der Waals surface area contributed by atoms with Crippen molar-refractivity contribution < 1.29 is 27.5 Å². The van der Waals surface area contributed by atoms with Crippen LogP contribution in [-0.2, 0) is 6.54 Å². The Labute approximate surface area is 99.2 Å². The second kappa shape index (κ2) is 4.25. The molecule has 4 nitrogen and oxygen atoms in total. The van der Waals surface area contributed by atoms with Gasteiger partial charge in [0, 0.05) is 12.1 Å². The largest absolute Gasteiger partial charge is 0.478 e. The minimum atomic E-state index is -4.22. The number of aromatic carboxylic acids is 1. The highest BCUT2D eigenvalue weighted by atomic mass is 19.3. The average Bonchev–Trinajstić information content (AvgIpc) is 3.00. The Morgan fingerprint density at radius 2 is 2.17 bits per heavy atom. The molecule has 0 aliphatic heterocycles. The van der Waals surface area contributed by atoms with Crippen LogP contribution in [0.25, 0.3) is 0 Å². The Balaban J connectivity index is 2.24. The molecule has 0 radical (unpaired) electrons. The standard InChI is InChI=1S/C10H10F4N2O2/c11-9(12)10(13,14)4-16-3-6(8(17)18)7(15-16)5-1-2-5/h3,5,9H,1-2,4H2,(H,17,18). The highest BCUT2D eigenvalue weighted by Crippen LogP contribution is 2.41. The highest BCUT2D eigenvalue weighted by Gasteiger charge is 2.42. The Bertz CT molecular complexity index is 468. The van der Waals surface area contributed by atoms with E-state index in [9.17, 15) is 22.4 Å². The van der Waals surface area contributed by atoms with Gasteiger partial charge in [-0.25, -0.2) is 13.6 Å². The number of carboxylic acids is 1. The summed E-state index contributed by atoms with van der Waals surface area (Å²) in [6.45, 7) is -1.32. The second-order valence-electron chi connectivity index (χ2n) is 4.27. The Morgan fingerprint density at radius 3 is 2.61 bits per heavy atom. The average molecular weight is 266 g/mol. The number of nitrogens with zero attached hydrogens (tertiary/aromatic N) is 2. The van der Waals surface area contributed by atoms with Gasteiger partial charge in [-0.3, -0.25) is 4.68 Å². The fraction of sp³-hybridized carbons (Fsp3) is 0.600. The van der Waals surface area contributed by atoms with Gasteiger partial charge in [0.25, 0.3) is 0 Å². The molecule has 8 heteroatoms. The fourth-order valence-electron chi connectivity index (χ4n) is 1.63. The van der Waals surface area contributed by atoms with E-state index < -0.39 is 24.9 Å². The van der Waals surface area contributed by atoms with E-state index in [1.54, 1.807) is 0 Å². The van der Waals surface area contributed by atoms with Crippen LogP contribution < -0.4 is 0 Å². The van der Waals surface area contributed by atoms with Crippen molar-refractivity contribution in [3.63, 3.8) is 0 Å². The van der Waals surface area contributed by atoms with Crippen LogP contribution >= 0.6 is 0 Å². The van der Waals surface area contributed by atoms with E-state index in [-0.39, 0.29) is 17.2 Å². The first-order chi connectivity index (χ1) is 8.31. The summed E-state index contributed by atoms with van der Waals surface area (Å²) in [7, 11) is 0. The Kier molecular flexibility index (Phi) is 3.04. The lowest BCUT2D eigenvalue weighted by atomic mass is 10.2. The Morgan fingerprint density at radius 1 is 1.56 bits per heavy atom. The minimum Gasteiger partial charge on any atom is -0.478 e. The van der Waals surface area contributed by atoms with Gasteiger partial charge < -0.3 is 5.11 Å². The van der Waals surface area contributed by atoms with Gasteiger partial charge in [0.1, 0.15) is 12.1 Å². The van der Waals surface area contributed by atoms with Crippen LogP contribution in [0, 0.1) is 0 Å². The first-order valence-electron chi connectivity index (χ1n) is 5.28. The normalized spacial score (nSPS) is 16.3. The third-order valence-corrected chi connectivity index (χ3v) is 2.68. The summed E-state index contributed by atoms with van der Waals surface area (Å²) in [6, 6.07) is 0. The number of hydrogen-bond donors (Lipinski definition) is 1. The minimum absolute atomic E-state index is 0.0578. The van der Waals surface area contributed by atoms with Crippen LogP contribution in [0.5, 0.6) is 0 Å². The molecule has 1 aliphatic rings. The monoisotopic (exact) mass is 266 g/mol. The van der Waals surface area contributed by atoms with E-state index in [1.165, 1.54) is 0 Å². The number of hydrogen-bond acceptors (Lipinski definition) is 2. The molecule has 1 fully saturated rings. The predicted octanol–water partition coefficient (Wildman–Crippen LogP) is 2.36. The molecule has 1 aromatic rings. The van der Waals surface area contributed by atoms with Crippen molar-refractivity contribution in [3.05, 3.63) is 17.5 Å². The molecule has 18 heavy (non-hydrogen) atoms. The topological polar surface area (TPSA) is 55.1 Å². The van der Waals surface area contributed by atoms with E-state index in [0.29, 0.717) is 4.68 Å². The summed E-state index contributed by atoms with van der Waals surface area (Å²) in [4.78, 5) is 10.9. The van der Waals surface area contributed by atoms with Crippen LogP contribution in [-0.4, -0.2) is 33.2 Å². The van der Waals surface area contributed by atoms with Gasteiger partial charge in [0.15, 0.2) is 0 Å². The van der Waals surface area contributed by atoms with E-state index in [2.05, 4.69) is 5.10 Å². The van der Waals surface area contributed by atoms with Gasteiger partial charge in [-0.2, -0.15) is 13.9 Å². The maximum atomic E-state index is 12.8. The summed E-state index contributed by atoms with van der Waals surface area (Å²) in [5.74, 6) is -5.57. The summed E-state index contributed by atoms with van der Waals surface area (Å²) in [6.07, 6.45) is -1.45. The zero-order valence-electron chi connectivity index (χ0n) is 9.12. The zero-order valence-corrected chi connectivity index (χ0v) is 9.12. The number of aromatic nitrogens is 2. The van der Waals surface area contributed by atoms with Gasteiger partial charge >= 0.3 is 18.3 Å². The van der Waals surface area contributed by atoms with Crippen molar-refractivity contribution in [1.82, 2.24) is 9.78 Å². The fourth-order valence-corrected chi connectivity index (χ4v) is 1.63. The van der Waals surface area contributed by atoms with Crippen molar-refractivity contribution in [1.29, 1.82) is 0 Å². The van der Waals surface area contributed by atoms with Gasteiger partial charge in [-0.1, -0.05) is 0 Å². The molecule has 1 aliphatic carbocycles. The summed E-state index contributed by atoms with van der Waals surface area (Å²) >= 11 is 0. The molecule has 1 aromatic heterocycles. The van der Waals surface area contributed by atoms with E-state index >= 15 is 0 Å². The molecule has 0 spiro atoms.